The Balaban J connectivity index is 1.84. The molecule has 0 bridgehead atoms. The van der Waals surface area contributed by atoms with Crippen LogP contribution in [0.1, 0.15) is 29.3 Å². The average molecular weight is 330 g/mol. The lowest BCUT2D eigenvalue weighted by Gasteiger charge is -2.23. The summed E-state index contributed by atoms with van der Waals surface area (Å²) in [5, 5.41) is 3.65. The van der Waals surface area contributed by atoms with Gasteiger partial charge in [0.2, 0.25) is 0 Å². The summed E-state index contributed by atoms with van der Waals surface area (Å²) in [5.74, 6) is 4.58. The van der Waals surface area contributed by atoms with Gasteiger partial charge >= 0.3 is 0 Å². The van der Waals surface area contributed by atoms with Crippen LogP contribution in [0.25, 0.3) is 0 Å². The van der Waals surface area contributed by atoms with Gasteiger partial charge in [-0.3, -0.25) is 0 Å². The van der Waals surface area contributed by atoms with Crippen molar-refractivity contribution in [2.24, 2.45) is 0 Å². The van der Waals surface area contributed by atoms with E-state index >= 15 is 0 Å². The van der Waals surface area contributed by atoms with Gasteiger partial charge in [-0.1, -0.05) is 5.92 Å². The summed E-state index contributed by atoms with van der Waals surface area (Å²) in [5.41, 5.74) is 1.51. The molecular weight excluding hydrogens is 314 g/mol. The van der Waals surface area contributed by atoms with Gasteiger partial charge in [-0.15, -0.1) is 29.5 Å². The lowest BCUT2D eigenvalue weighted by molar-refractivity contribution is 0.477. The van der Waals surface area contributed by atoms with E-state index in [0.717, 1.165) is 18.1 Å². The topological polar surface area (TPSA) is 12.0 Å². The molecule has 1 unspecified atom stereocenters. The van der Waals surface area contributed by atoms with E-state index in [1.807, 2.05) is 23.1 Å². The van der Waals surface area contributed by atoms with Crippen LogP contribution >= 0.6 is 39.0 Å². The van der Waals surface area contributed by atoms with Crippen molar-refractivity contribution in [2.75, 3.05) is 18.1 Å². The maximum absolute atomic E-state index is 5.22. The monoisotopic (exact) mass is 329 g/mol. The first-order valence-electron chi connectivity index (χ1n) is 5.84. The minimum atomic E-state index is 0.549. The second kappa shape index (κ2) is 6.84. The predicted octanol–water partition coefficient (Wildman–Crippen LogP) is 3.84. The normalized spacial score (nSPS) is 18.7. The number of terminal acetylenes is 1. The molecule has 1 nitrogen and oxygen atoms in total. The highest BCUT2D eigenvalue weighted by molar-refractivity contribution is 9.11. The fourth-order valence-electron chi connectivity index (χ4n) is 2.17. The quantitative estimate of drug-likeness (QED) is 0.650. The molecule has 0 aromatic carbocycles. The highest BCUT2D eigenvalue weighted by Gasteiger charge is 2.21. The summed E-state index contributed by atoms with van der Waals surface area (Å²) < 4.78 is 1.26. The zero-order chi connectivity index (χ0) is 12.1. The van der Waals surface area contributed by atoms with Crippen LogP contribution in [0.2, 0.25) is 0 Å². The van der Waals surface area contributed by atoms with Gasteiger partial charge in [0.05, 0.1) is 9.54 Å². The molecule has 0 spiro atoms. The molecule has 0 amide bonds. The van der Waals surface area contributed by atoms with Crippen LogP contribution in [0.5, 0.6) is 0 Å². The Labute approximate surface area is 120 Å². The highest BCUT2D eigenvalue weighted by Crippen LogP contribution is 2.37. The van der Waals surface area contributed by atoms with Crippen LogP contribution in [0.4, 0.5) is 0 Å². The number of aryl methyl sites for hydroxylation is 1. The fourth-order valence-corrected chi connectivity index (χ4v) is 4.51. The van der Waals surface area contributed by atoms with Gasteiger partial charge in [0, 0.05) is 23.2 Å². The van der Waals surface area contributed by atoms with Crippen LogP contribution in [0.15, 0.2) is 9.85 Å². The van der Waals surface area contributed by atoms with E-state index < -0.39 is 0 Å². The maximum atomic E-state index is 5.22. The van der Waals surface area contributed by atoms with Crippen LogP contribution < -0.4 is 5.32 Å². The Hall–Kier alpha value is 0.0500. The van der Waals surface area contributed by atoms with Crippen LogP contribution in [-0.4, -0.2) is 18.1 Å². The number of hydrogen-bond donors (Lipinski definition) is 1. The lowest BCUT2D eigenvalue weighted by Crippen LogP contribution is -2.26. The minimum Gasteiger partial charge on any atom is -0.309 e. The van der Waals surface area contributed by atoms with Crippen LogP contribution in [-0.2, 0) is 6.42 Å². The summed E-state index contributed by atoms with van der Waals surface area (Å²) in [6.07, 6.45) is 9.03. The molecule has 92 valence electrons. The number of thiophene rings is 1. The SMILES string of the molecule is C#CCSCCNC1CCCc2sc(Br)cc21. The van der Waals surface area contributed by atoms with E-state index in [1.165, 1.54) is 28.6 Å². The Morgan fingerprint density at radius 2 is 2.53 bits per heavy atom. The second-order valence-electron chi connectivity index (χ2n) is 4.08. The molecule has 0 radical (unpaired) electrons. The Morgan fingerprint density at radius 3 is 3.35 bits per heavy atom. The van der Waals surface area contributed by atoms with E-state index in [1.54, 1.807) is 4.88 Å². The van der Waals surface area contributed by atoms with E-state index in [9.17, 15) is 0 Å². The van der Waals surface area contributed by atoms with E-state index in [2.05, 4.69) is 33.2 Å². The zero-order valence-corrected chi connectivity index (χ0v) is 12.9. The summed E-state index contributed by atoms with van der Waals surface area (Å²) in [6.45, 7) is 1.05. The molecule has 0 saturated heterocycles. The molecule has 0 saturated carbocycles. The zero-order valence-electron chi connectivity index (χ0n) is 9.67. The van der Waals surface area contributed by atoms with Gasteiger partial charge in [0.25, 0.3) is 0 Å². The van der Waals surface area contributed by atoms with Crippen molar-refractivity contribution >= 4 is 39.0 Å². The molecule has 0 aliphatic heterocycles. The third-order valence-corrected chi connectivity index (χ3v) is 5.48. The summed E-state index contributed by atoms with van der Waals surface area (Å²) in [4.78, 5) is 1.55. The Kier molecular flexibility index (Phi) is 5.43. The molecule has 1 aromatic rings. The van der Waals surface area contributed by atoms with Crippen molar-refractivity contribution in [3.8, 4) is 12.3 Å². The van der Waals surface area contributed by atoms with E-state index in [-0.39, 0.29) is 0 Å². The molecule has 0 fully saturated rings. The number of hydrogen-bond acceptors (Lipinski definition) is 3. The number of fused-ring (bicyclic) bond motifs is 1. The van der Waals surface area contributed by atoms with E-state index in [0.29, 0.717) is 6.04 Å². The molecule has 4 heteroatoms. The summed E-state index contributed by atoms with van der Waals surface area (Å²) in [6, 6.07) is 2.83. The van der Waals surface area contributed by atoms with Crippen molar-refractivity contribution in [1.82, 2.24) is 5.32 Å². The van der Waals surface area contributed by atoms with Gasteiger partial charge < -0.3 is 5.32 Å². The summed E-state index contributed by atoms with van der Waals surface area (Å²) in [7, 11) is 0. The number of rotatable bonds is 5. The third kappa shape index (κ3) is 3.75. The molecule has 1 N–H and O–H groups in total. The van der Waals surface area contributed by atoms with Gasteiger partial charge in [-0.2, -0.15) is 0 Å². The second-order valence-corrected chi connectivity index (χ2v) is 7.71. The molecule has 1 aromatic heterocycles. The first kappa shape index (κ1) is 13.5. The predicted molar refractivity (Wildman–Crippen MR) is 81.9 cm³/mol. The van der Waals surface area contributed by atoms with Crippen molar-refractivity contribution in [1.29, 1.82) is 0 Å². The maximum Gasteiger partial charge on any atom is 0.0704 e. The lowest BCUT2D eigenvalue weighted by atomic mass is 9.94. The highest BCUT2D eigenvalue weighted by atomic mass is 79.9. The fraction of sp³-hybridized carbons (Fsp3) is 0.538. The van der Waals surface area contributed by atoms with Crippen molar-refractivity contribution in [3.05, 3.63) is 20.3 Å². The first-order valence-corrected chi connectivity index (χ1v) is 8.60. The van der Waals surface area contributed by atoms with E-state index in [4.69, 9.17) is 6.42 Å². The molecule has 1 heterocycles. The van der Waals surface area contributed by atoms with Crippen LogP contribution in [0.3, 0.4) is 0 Å². The number of halogens is 1. The largest absolute Gasteiger partial charge is 0.309 e. The number of nitrogens with one attached hydrogen (secondary N) is 1. The smallest absolute Gasteiger partial charge is 0.0704 e. The molecule has 2 rings (SSSR count). The van der Waals surface area contributed by atoms with Gasteiger partial charge in [0.15, 0.2) is 0 Å². The molecule has 1 aliphatic carbocycles. The minimum absolute atomic E-state index is 0.549. The molecule has 1 aliphatic rings. The first-order chi connectivity index (χ1) is 8.31. The van der Waals surface area contributed by atoms with Crippen molar-refractivity contribution in [2.45, 2.75) is 25.3 Å². The van der Waals surface area contributed by atoms with Crippen molar-refractivity contribution < 1.29 is 0 Å². The van der Waals surface area contributed by atoms with Crippen LogP contribution in [0, 0.1) is 12.3 Å². The summed E-state index contributed by atoms with van der Waals surface area (Å²) >= 11 is 7.30. The Morgan fingerprint density at radius 1 is 1.65 bits per heavy atom. The standard InChI is InChI=1S/C13H16BrNS2/c1-2-7-16-8-6-15-11-4-3-5-12-10(11)9-13(14)17-12/h1,9,11,15H,3-8H2. The van der Waals surface area contributed by atoms with Gasteiger partial charge in [0.1, 0.15) is 0 Å². The molecule has 17 heavy (non-hydrogen) atoms. The number of thioether (sulfide) groups is 1. The average Bonchev–Trinajstić information content (AvgIpc) is 2.70. The molecule has 1 atom stereocenters. The van der Waals surface area contributed by atoms with Gasteiger partial charge in [-0.05, 0) is 46.8 Å². The molecular formula is C13H16BrNS2. The Bertz CT molecular complexity index is 408. The van der Waals surface area contributed by atoms with Crippen molar-refractivity contribution in [3.63, 3.8) is 0 Å². The van der Waals surface area contributed by atoms with Gasteiger partial charge in [-0.25, -0.2) is 0 Å². The third-order valence-electron chi connectivity index (χ3n) is 2.91.